The second-order valence-corrected chi connectivity index (χ2v) is 4.71. The summed E-state index contributed by atoms with van der Waals surface area (Å²) in [6.45, 7) is 0. The Kier molecular flexibility index (Phi) is 2.51. The van der Waals surface area contributed by atoms with Crippen LogP contribution in [0.5, 0.6) is 5.75 Å². The zero-order valence-electron chi connectivity index (χ0n) is 10.4. The normalized spacial score (nSPS) is 19.7. The summed E-state index contributed by atoms with van der Waals surface area (Å²) in [6, 6.07) is 4.92. The minimum absolute atomic E-state index is 0.158. The predicted molar refractivity (Wildman–Crippen MR) is 67.5 cm³/mol. The number of fused-ring (bicyclic) bond motifs is 1. The van der Waals surface area contributed by atoms with Crippen molar-refractivity contribution in [1.82, 2.24) is 15.1 Å². The quantitative estimate of drug-likeness (QED) is 0.742. The van der Waals surface area contributed by atoms with Crippen molar-refractivity contribution in [1.29, 1.82) is 0 Å². The second-order valence-electron chi connectivity index (χ2n) is 4.71. The number of carbonyl (C=O) groups is 2. The molecule has 6 heteroatoms. The number of carbonyl (C=O) groups excluding carboxylic acids is 2. The SMILES string of the molecule is Cn1nc(C2CCC(=O)NC2=O)c2ccc(O)cc21. The fourth-order valence-corrected chi connectivity index (χ4v) is 2.49. The van der Waals surface area contributed by atoms with E-state index in [1.165, 1.54) is 0 Å². The molecule has 3 rings (SSSR count). The number of amides is 2. The van der Waals surface area contributed by atoms with E-state index >= 15 is 0 Å². The molecule has 0 aliphatic carbocycles. The second kappa shape index (κ2) is 4.08. The molecule has 1 atom stereocenters. The van der Waals surface area contributed by atoms with Gasteiger partial charge in [0, 0.05) is 24.9 Å². The fraction of sp³-hybridized carbons (Fsp3) is 0.308. The summed E-state index contributed by atoms with van der Waals surface area (Å²) in [6.07, 6.45) is 0.796. The summed E-state index contributed by atoms with van der Waals surface area (Å²) in [7, 11) is 1.76. The van der Waals surface area contributed by atoms with Crippen LogP contribution in [0.1, 0.15) is 24.5 Å². The van der Waals surface area contributed by atoms with Gasteiger partial charge < -0.3 is 5.11 Å². The molecule has 1 saturated heterocycles. The number of imide groups is 1. The minimum Gasteiger partial charge on any atom is -0.508 e. The minimum atomic E-state index is -0.411. The first-order valence-corrected chi connectivity index (χ1v) is 6.05. The number of piperidine rings is 1. The zero-order valence-corrected chi connectivity index (χ0v) is 10.4. The molecule has 0 radical (unpaired) electrons. The molecule has 19 heavy (non-hydrogen) atoms. The summed E-state index contributed by atoms with van der Waals surface area (Å²) in [5, 5.41) is 17.0. The van der Waals surface area contributed by atoms with Gasteiger partial charge in [-0.15, -0.1) is 0 Å². The first-order chi connectivity index (χ1) is 9.06. The van der Waals surface area contributed by atoms with Crippen molar-refractivity contribution < 1.29 is 14.7 Å². The molecule has 2 amide bonds. The molecule has 1 aromatic heterocycles. The van der Waals surface area contributed by atoms with Gasteiger partial charge in [0.2, 0.25) is 11.8 Å². The lowest BCUT2D eigenvalue weighted by atomic mass is 9.93. The summed E-state index contributed by atoms with van der Waals surface area (Å²) >= 11 is 0. The molecule has 0 saturated carbocycles. The molecular formula is C13H13N3O3. The lowest BCUT2D eigenvalue weighted by Crippen LogP contribution is -2.39. The van der Waals surface area contributed by atoms with Crippen molar-refractivity contribution in [2.75, 3.05) is 0 Å². The van der Waals surface area contributed by atoms with E-state index in [1.807, 2.05) is 0 Å². The third-order valence-corrected chi connectivity index (χ3v) is 3.43. The number of hydrogen-bond donors (Lipinski definition) is 2. The van der Waals surface area contributed by atoms with E-state index in [1.54, 1.807) is 29.9 Å². The maximum atomic E-state index is 11.9. The molecule has 1 aliphatic heterocycles. The Labute approximate surface area is 109 Å². The van der Waals surface area contributed by atoms with E-state index in [9.17, 15) is 14.7 Å². The maximum Gasteiger partial charge on any atom is 0.235 e. The van der Waals surface area contributed by atoms with Crippen LogP contribution in [-0.2, 0) is 16.6 Å². The monoisotopic (exact) mass is 259 g/mol. The molecule has 2 heterocycles. The molecular weight excluding hydrogens is 246 g/mol. The van der Waals surface area contributed by atoms with Crippen LogP contribution in [0.15, 0.2) is 18.2 Å². The van der Waals surface area contributed by atoms with Crippen molar-refractivity contribution in [2.24, 2.45) is 7.05 Å². The number of aryl methyl sites for hydroxylation is 1. The summed E-state index contributed by atoms with van der Waals surface area (Å²) in [5.74, 6) is -0.792. The van der Waals surface area contributed by atoms with Crippen LogP contribution >= 0.6 is 0 Å². The highest BCUT2D eigenvalue weighted by atomic mass is 16.3. The lowest BCUT2D eigenvalue weighted by Gasteiger charge is -2.19. The van der Waals surface area contributed by atoms with E-state index in [0.29, 0.717) is 18.5 Å². The van der Waals surface area contributed by atoms with Crippen molar-refractivity contribution in [3.63, 3.8) is 0 Å². The van der Waals surface area contributed by atoms with E-state index in [-0.39, 0.29) is 17.6 Å². The van der Waals surface area contributed by atoms with Crippen LogP contribution in [0.2, 0.25) is 0 Å². The van der Waals surface area contributed by atoms with Gasteiger partial charge in [0.15, 0.2) is 0 Å². The molecule has 1 fully saturated rings. The average Bonchev–Trinajstić information content (AvgIpc) is 2.66. The van der Waals surface area contributed by atoms with Crippen molar-refractivity contribution >= 4 is 22.7 Å². The fourth-order valence-electron chi connectivity index (χ4n) is 2.49. The van der Waals surface area contributed by atoms with Crippen LogP contribution in [0.25, 0.3) is 10.9 Å². The Balaban J connectivity index is 2.10. The third kappa shape index (κ3) is 1.85. The first kappa shape index (κ1) is 11.7. The molecule has 1 aliphatic rings. The van der Waals surface area contributed by atoms with Crippen LogP contribution < -0.4 is 5.32 Å². The Morgan fingerprint density at radius 3 is 2.95 bits per heavy atom. The standard InChI is InChI=1S/C13H13N3O3/c1-16-10-6-7(17)2-3-8(10)12(15-16)9-4-5-11(18)14-13(9)19/h2-3,6,9,17H,4-5H2,1H3,(H,14,18,19). The molecule has 1 aromatic carbocycles. The van der Waals surface area contributed by atoms with Gasteiger partial charge in [0.05, 0.1) is 17.1 Å². The Bertz CT molecular complexity index is 690. The highest BCUT2D eigenvalue weighted by Gasteiger charge is 2.31. The number of rotatable bonds is 1. The molecule has 2 aromatic rings. The van der Waals surface area contributed by atoms with Crippen LogP contribution in [0.3, 0.4) is 0 Å². The van der Waals surface area contributed by atoms with Gasteiger partial charge in [-0.1, -0.05) is 0 Å². The maximum absolute atomic E-state index is 11.9. The summed E-state index contributed by atoms with van der Waals surface area (Å²) < 4.78 is 1.63. The number of nitrogens with zero attached hydrogens (tertiary/aromatic N) is 2. The van der Waals surface area contributed by atoms with Gasteiger partial charge in [-0.2, -0.15) is 5.10 Å². The van der Waals surface area contributed by atoms with Crippen molar-refractivity contribution in [3.05, 3.63) is 23.9 Å². The smallest absolute Gasteiger partial charge is 0.235 e. The van der Waals surface area contributed by atoms with E-state index in [2.05, 4.69) is 10.4 Å². The number of aromatic nitrogens is 2. The number of hydrogen-bond acceptors (Lipinski definition) is 4. The van der Waals surface area contributed by atoms with E-state index in [0.717, 1.165) is 10.9 Å². The van der Waals surface area contributed by atoms with Gasteiger partial charge in [-0.05, 0) is 18.6 Å². The number of nitrogens with one attached hydrogen (secondary N) is 1. The van der Waals surface area contributed by atoms with Crippen LogP contribution in [0.4, 0.5) is 0 Å². The molecule has 2 N–H and O–H groups in total. The van der Waals surface area contributed by atoms with Crippen LogP contribution in [-0.4, -0.2) is 26.7 Å². The van der Waals surface area contributed by atoms with Crippen molar-refractivity contribution in [3.8, 4) is 5.75 Å². The molecule has 0 spiro atoms. The molecule has 6 nitrogen and oxygen atoms in total. The predicted octanol–water partition coefficient (Wildman–Crippen LogP) is 0.799. The van der Waals surface area contributed by atoms with Gasteiger partial charge in [-0.3, -0.25) is 19.6 Å². The number of phenols is 1. The Morgan fingerprint density at radius 2 is 2.21 bits per heavy atom. The topological polar surface area (TPSA) is 84.2 Å². The Morgan fingerprint density at radius 1 is 1.42 bits per heavy atom. The summed E-state index contributed by atoms with van der Waals surface area (Å²) in [4.78, 5) is 23.1. The van der Waals surface area contributed by atoms with Gasteiger partial charge >= 0.3 is 0 Å². The van der Waals surface area contributed by atoms with E-state index < -0.39 is 5.92 Å². The molecule has 0 bridgehead atoms. The lowest BCUT2D eigenvalue weighted by molar-refractivity contribution is -0.134. The van der Waals surface area contributed by atoms with E-state index in [4.69, 9.17) is 0 Å². The number of benzene rings is 1. The highest BCUT2D eigenvalue weighted by molar-refractivity contribution is 6.02. The molecule has 1 unspecified atom stereocenters. The van der Waals surface area contributed by atoms with Gasteiger partial charge in [-0.25, -0.2) is 0 Å². The number of phenolic OH excluding ortho intramolecular Hbond substituents is 1. The molecule has 98 valence electrons. The van der Waals surface area contributed by atoms with Gasteiger partial charge in [0.25, 0.3) is 0 Å². The number of aromatic hydroxyl groups is 1. The first-order valence-electron chi connectivity index (χ1n) is 6.05. The van der Waals surface area contributed by atoms with Crippen molar-refractivity contribution in [2.45, 2.75) is 18.8 Å². The average molecular weight is 259 g/mol. The van der Waals surface area contributed by atoms with Crippen LogP contribution in [0, 0.1) is 0 Å². The largest absolute Gasteiger partial charge is 0.508 e. The highest BCUT2D eigenvalue weighted by Crippen LogP contribution is 2.31. The Hall–Kier alpha value is -2.37. The van der Waals surface area contributed by atoms with Gasteiger partial charge in [0.1, 0.15) is 5.75 Å². The zero-order chi connectivity index (χ0) is 13.6. The summed E-state index contributed by atoms with van der Waals surface area (Å²) in [5.41, 5.74) is 1.42. The third-order valence-electron chi connectivity index (χ3n) is 3.43.